The SMILES string of the molecule is CCCCOCCNC(=NC)N1CCC(C(=O)OCC)CC1.I. The van der Waals surface area contributed by atoms with Crippen molar-refractivity contribution in [3.05, 3.63) is 0 Å². The van der Waals surface area contributed by atoms with Crippen molar-refractivity contribution in [2.75, 3.05) is 46.5 Å². The molecule has 1 saturated heterocycles. The first-order valence-electron chi connectivity index (χ1n) is 8.42. The van der Waals surface area contributed by atoms with Gasteiger partial charge >= 0.3 is 5.97 Å². The lowest BCUT2D eigenvalue weighted by Crippen LogP contribution is -2.47. The van der Waals surface area contributed by atoms with Gasteiger partial charge in [0.15, 0.2) is 5.96 Å². The summed E-state index contributed by atoms with van der Waals surface area (Å²) in [5.74, 6) is 0.863. The Hall–Kier alpha value is -0.570. The molecule has 0 unspecified atom stereocenters. The van der Waals surface area contributed by atoms with Crippen LogP contribution in [0.4, 0.5) is 0 Å². The van der Waals surface area contributed by atoms with Gasteiger partial charge in [-0.2, -0.15) is 0 Å². The summed E-state index contributed by atoms with van der Waals surface area (Å²) in [7, 11) is 1.79. The highest BCUT2D eigenvalue weighted by Gasteiger charge is 2.27. The number of carbonyl (C=O) groups excluding carboxylic acids is 1. The summed E-state index contributed by atoms with van der Waals surface area (Å²) in [6.45, 7) is 8.40. The number of carbonyl (C=O) groups is 1. The Balaban J connectivity index is 0.00000484. The Kier molecular flexibility index (Phi) is 13.5. The van der Waals surface area contributed by atoms with Gasteiger partial charge in [0.25, 0.3) is 0 Å². The van der Waals surface area contributed by atoms with Crippen molar-refractivity contribution in [3.8, 4) is 0 Å². The van der Waals surface area contributed by atoms with Crippen LogP contribution < -0.4 is 5.32 Å². The van der Waals surface area contributed by atoms with E-state index >= 15 is 0 Å². The number of hydrogen-bond donors (Lipinski definition) is 1. The predicted molar refractivity (Wildman–Crippen MR) is 103 cm³/mol. The second kappa shape index (κ2) is 13.8. The number of aliphatic imine (C=N–C) groups is 1. The minimum Gasteiger partial charge on any atom is -0.466 e. The van der Waals surface area contributed by atoms with Crippen LogP contribution >= 0.6 is 24.0 Å². The molecule has 1 N–H and O–H groups in total. The van der Waals surface area contributed by atoms with Gasteiger partial charge in [-0.25, -0.2) is 0 Å². The van der Waals surface area contributed by atoms with Gasteiger partial charge in [-0.1, -0.05) is 13.3 Å². The number of halogens is 1. The molecule has 0 aromatic carbocycles. The molecule has 0 saturated carbocycles. The van der Waals surface area contributed by atoms with Gasteiger partial charge in [0.1, 0.15) is 0 Å². The lowest BCUT2D eigenvalue weighted by Gasteiger charge is -2.33. The van der Waals surface area contributed by atoms with Crippen LogP contribution in [-0.4, -0.2) is 63.3 Å². The van der Waals surface area contributed by atoms with E-state index in [1.54, 1.807) is 7.05 Å². The number of unbranched alkanes of at least 4 members (excludes halogenated alkanes) is 1. The molecule has 0 aromatic rings. The number of likely N-dealkylation sites (tertiary alicyclic amines) is 1. The van der Waals surface area contributed by atoms with Gasteiger partial charge < -0.3 is 19.7 Å². The molecule has 0 spiro atoms. The van der Waals surface area contributed by atoms with Crippen LogP contribution in [0.1, 0.15) is 39.5 Å². The number of nitrogens with one attached hydrogen (secondary N) is 1. The normalized spacial score (nSPS) is 16.0. The maximum absolute atomic E-state index is 11.7. The molecule has 1 aliphatic heterocycles. The number of guanidine groups is 1. The molecule has 0 aliphatic carbocycles. The third-order valence-corrected chi connectivity index (χ3v) is 3.80. The van der Waals surface area contributed by atoms with Crippen molar-refractivity contribution in [3.63, 3.8) is 0 Å². The highest BCUT2D eigenvalue weighted by molar-refractivity contribution is 14.0. The number of piperidine rings is 1. The maximum atomic E-state index is 11.7. The summed E-state index contributed by atoms with van der Waals surface area (Å²) in [5, 5.41) is 3.32. The first-order chi connectivity index (χ1) is 10.7. The quantitative estimate of drug-likeness (QED) is 0.206. The molecule has 0 atom stereocenters. The molecular formula is C16H32IN3O3. The average Bonchev–Trinajstić information content (AvgIpc) is 2.55. The van der Waals surface area contributed by atoms with Gasteiger partial charge in [-0.15, -0.1) is 24.0 Å². The van der Waals surface area contributed by atoms with E-state index in [2.05, 4.69) is 22.1 Å². The van der Waals surface area contributed by atoms with Gasteiger partial charge in [-0.3, -0.25) is 9.79 Å². The molecule has 23 heavy (non-hydrogen) atoms. The second-order valence-electron chi connectivity index (χ2n) is 5.45. The number of hydrogen-bond acceptors (Lipinski definition) is 4. The van der Waals surface area contributed by atoms with Crippen LogP contribution in [0, 0.1) is 5.92 Å². The Labute approximate surface area is 157 Å². The van der Waals surface area contributed by atoms with E-state index in [9.17, 15) is 4.79 Å². The Morgan fingerprint density at radius 1 is 1.26 bits per heavy atom. The van der Waals surface area contributed by atoms with Gasteiger partial charge in [0.2, 0.25) is 0 Å². The van der Waals surface area contributed by atoms with E-state index in [-0.39, 0.29) is 35.9 Å². The fraction of sp³-hybridized carbons (Fsp3) is 0.875. The predicted octanol–water partition coefficient (Wildman–Crippen LogP) is 2.27. The number of nitrogens with zero attached hydrogens (tertiary/aromatic N) is 2. The summed E-state index contributed by atoms with van der Waals surface area (Å²) >= 11 is 0. The van der Waals surface area contributed by atoms with Crippen LogP contribution in [0.25, 0.3) is 0 Å². The van der Waals surface area contributed by atoms with E-state index < -0.39 is 0 Å². The van der Waals surface area contributed by atoms with Crippen LogP contribution in [-0.2, 0) is 14.3 Å². The van der Waals surface area contributed by atoms with Crippen molar-refractivity contribution in [2.45, 2.75) is 39.5 Å². The lowest BCUT2D eigenvalue weighted by atomic mass is 9.97. The van der Waals surface area contributed by atoms with Gasteiger partial charge in [-0.05, 0) is 26.2 Å². The largest absolute Gasteiger partial charge is 0.466 e. The zero-order valence-electron chi connectivity index (χ0n) is 14.7. The first-order valence-corrected chi connectivity index (χ1v) is 8.42. The van der Waals surface area contributed by atoms with Crippen molar-refractivity contribution in [1.29, 1.82) is 0 Å². The molecule has 0 bridgehead atoms. The van der Waals surface area contributed by atoms with E-state index in [1.165, 1.54) is 0 Å². The highest BCUT2D eigenvalue weighted by atomic mass is 127. The molecule has 7 heteroatoms. The molecule has 1 rings (SSSR count). The zero-order valence-corrected chi connectivity index (χ0v) is 17.0. The summed E-state index contributed by atoms with van der Waals surface area (Å²) < 4.78 is 10.6. The first kappa shape index (κ1) is 22.4. The number of ether oxygens (including phenoxy) is 2. The topological polar surface area (TPSA) is 63.2 Å². The highest BCUT2D eigenvalue weighted by Crippen LogP contribution is 2.18. The molecular weight excluding hydrogens is 409 g/mol. The van der Waals surface area contributed by atoms with Crippen molar-refractivity contribution >= 4 is 35.9 Å². The van der Waals surface area contributed by atoms with Crippen LogP contribution in [0.3, 0.4) is 0 Å². The fourth-order valence-corrected chi connectivity index (χ4v) is 2.50. The minimum absolute atomic E-state index is 0. The zero-order chi connectivity index (χ0) is 16.2. The number of rotatable bonds is 8. The smallest absolute Gasteiger partial charge is 0.309 e. The lowest BCUT2D eigenvalue weighted by molar-refractivity contribution is -0.149. The molecule has 0 radical (unpaired) electrons. The second-order valence-corrected chi connectivity index (χ2v) is 5.45. The molecule has 0 aromatic heterocycles. The molecule has 136 valence electrons. The van der Waals surface area contributed by atoms with Crippen LogP contribution in [0.15, 0.2) is 4.99 Å². The summed E-state index contributed by atoms with van der Waals surface area (Å²) in [5.41, 5.74) is 0. The summed E-state index contributed by atoms with van der Waals surface area (Å²) in [4.78, 5) is 18.2. The fourth-order valence-electron chi connectivity index (χ4n) is 2.50. The van der Waals surface area contributed by atoms with Gasteiger partial charge in [0.05, 0.1) is 19.1 Å². The molecule has 1 fully saturated rings. The Morgan fingerprint density at radius 2 is 1.96 bits per heavy atom. The third kappa shape index (κ3) is 8.74. The third-order valence-electron chi connectivity index (χ3n) is 3.80. The van der Waals surface area contributed by atoms with Crippen molar-refractivity contribution in [2.24, 2.45) is 10.9 Å². The van der Waals surface area contributed by atoms with E-state index in [4.69, 9.17) is 9.47 Å². The number of esters is 1. The van der Waals surface area contributed by atoms with Crippen molar-refractivity contribution in [1.82, 2.24) is 10.2 Å². The Bertz CT molecular complexity index is 345. The van der Waals surface area contributed by atoms with Crippen LogP contribution in [0.5, 0.6) is 0 Å². The minimum atomic E-state index is -0.0607. The maximum Gasteiger partial charge on any atom is 0.309 e. The van der Waals surface area contributed by atoms with E-state index in [0.29, 0.717) is 13.2 Å². The van der Waals surface area contributed by atoms with Crippen molar-refractivity contribution < 1.29 is 14.3 Å². The van der Waals surface area contributed by atoms with E-state index in [1.807, 2.05) is 6.92 Å². The average molecular weight is 441 g/mol. The van der Waals surface area contributed by atoms with Gasteiger partial charge in [0, 0.05) is 33.3 Å². The molecule has 6 nitrogen and oxygen atoms in total. The standard InChI is InChI=1S/C16H31N3O3.HI/c1-4-6-12-21-13-9-18-16(17-3)19-10-7-14(8-11-19)15(20)22-5-2;/h14H,4-13H2,1-3H3,(H,17,18);1H. The monoisotopic (exact) mass is 441 g/mol. The van der Waals surface area contributed by atoms with Crippen LogP contribution in [0.2, 0.25) is 0 Å². The summed E-state index contributed by atoms with van der Waals surface area (Å²) in [6, 6.07) is 0. The molecule has 1 heterocycles. The summed E-state index contributed by atoms with van der Waals surface area (Å²) in [6.07, 6.45) is 3.92. The molecule has 0 amide bonds. The molecule has 1 aliphatic rings. The Morgan fingerprint density at radius 3 is 2.52 bits per heavy atom. The van der Waals surface area contributed by atoms with E-state index in [0.717, 1.165) is 57.9 Å².